The van der Waals surface area contributed by atoms with Crippen molar-refractivity contribution < 1.29 is 12.8 Å². The number of aryl methyl sites for hydroxylation is 1. The van der Waals surface area contributed by atoms with Crippen LogP contribution in [-0.4, -0.2) is 8.42 Å². The van der Waals surface area contributed by atoms with Crippen LogP contribution in [0, 0.1) is 12.7 Å². The number of benzene rings is 1. The van der Waals surface area contributed by atoms with E-state index in [1.807, 2.05) is 0 Å². The summed E-state index contributed by atoms with van der Waals surface area (Å²) in [5.41, 5.74) is 0.295. The van der Waals surface area contributed by atoms with Crippen LogP contribution < -0.4 is 4.72 Å². The molecule has 2 rings (SSSR count). The van der Waals surface area contributed by atoms with Gasteiger partial charge in [0.15, 0.2) is 0 Å². The Balaban J connectivity index is 2.39. The van der Waals surface area contributed by atoms with E-state index in [4.69, 9.17) is 0 Å². The molecule has 0 aliphatic heterocycles. The lowest BCUT2D eigenvalue weighted by atomic mass is 10.3. The van der Waals surface area contributed by atoms with Gasteiger partial charge in [0.2, 0.25) is 0 Å². The van der Waals surface area contributed by atoms with E-state index < -0.39 is 15.8 Å². The van der Waals surface area contributed by atoms with E-state index >= 15 is 0 Å². The molecule has 0 aliphatic rings. The Bertz CT molecular complexity index is 728. The Morgan fingerprint density at radius 1 is 1.26 bits per heavy atom. The van der Waals surface area contributed by atoms with E-state index in [1.54, 1.807) is 13.0 Å². The Hall–Kier alpha value is -0.440. The molecule has 0 aliphatic carbocycles. The summed E-state index contributed by atoms with van der Waals surface area (Å²) in [6, 6.07) is 5.31. The highest BCUT2D eigenvalue weighted by Crippen LogP contribution is 2.32. The van der Waals surface area contributed by atoms with Crippen LogP contribution in [0.5, 0.6) is 0 Å². The second kappa shape index (κ2) is 5.51. The van der Waals surface area contributed by atoms with Crippen LogP contribution in [0.4, 0.5) is 10.1 Å². The molecule has 0 radical (unpaired) electrons. The summed E-state index contributed by atoms with van der Waals surface area (Å²) < 4.78 is 40.9. The zero-order valence-corrected chi connectivity index (χ0v) is 14.4. The van der Waals surface area contributed by atoms with E-state index in [0.717, 1.165) is 3.79 Å². The smallest absolute Gasteiger partial charge is 0.263 e. The quantitative estimate of drug-likeness (QED) is 0.780. The molecule has 0 fully saturated rings. The minimum absolute atomic E-state index is 0.209. The predicted molar refractivity (Wildman–Crippen MR) is 81.7 cm³/mol. The molecule has 0 unspecified atom stereocenters. The molecule has 1 N–H and O–H groups in total. The number of hydrogen-bond donors (Lipinski definition) is 1. The maximum absolute atomic E-state index is 13.0. The van der Waals surface area contributed by atoms with Crippen LogP contribution in [-0.2, 0) is 10.0 Å². The lowest BCUT2D eigenvalue weighted by Gasteiger charge is -2.09. The molecule has 1 heterocycles. The molecule has 0 saturated heterocycles. The number of hydrogen-bond acceptors (Lipinski definition) is 3. The van der Waals surface area contributed by atoms with Crippen molar-refractivity contribution in [1.29, 1.82) is 0 Å². The first-order valence-electron chi connectivity index (χ1n) is 5.03. The second-order valence-corrected chi connectivity index (χ2v) is 8.84. The highest BCUT2D eigenvalue weighted by Gasteiger charge is 2.20. The number of nitrogens with one attached hydrogen (secondary N) is 1. The summed E-state index contributed by atoms with van der Waals surface area (Å²) in [5, 5.41) is 0. The van der Waals surface area contributed by atoms with Gasteiger partial charge in [-0.3, -0.25) is 4.72 Å². The van der Waals surface area contributed by atoms with Crippen LogP contribution in [0.25, 0.3) is 0 Å². The number of rotatable bonds is 3. The van der Waals surface area contributed by atoms with E-state index in [9.17, 15) is 12.8 Å². The Morgan fingerprint density at radius 2 is 1.95 bits per heavy atom. The van der Waals surface area contributed by atoms with Gasteiger partial charge in [0.1, 0.15) is 10.7 Å². The molecule has 0 saturated carbocycles. The summed E-state index contributed by atoms with van der Waals surface area (Å²) in [4.78, 5) is 0.887. The largest absolute Gasteiger partial charge is 0.278 e. The van der Waals surface area contributed by atoms with E-state index in [1.165, 1.54) is 29.5 Å². The normalized spacial score (nSPS) is 11.6. The molecule has 8 heteroatoms. The van der Waals surface area contributed by atoms with Gasteiger partial charge in [-0.25, -0.2) is 12.8 Å². The molecule has 0 amide bonds. The van der Waals surface area contributed by atoms with Crippen molar-refractivity contribution >= 4 is 58.9 Å². The first-order chi connectivity index (χ1) is 8.79. The lowest BCUT2D eigenvalue weighted by Crippen LogP contribution is -2.13. The van der Waals surface area contributed by atoms with Gasteiger partial charge in [-0.1, -0.05) is 0 Å². The highest BCUT2D eigenvalue weighted by atomic mass is 79.9. The fourth-order valence-electron chi connectivity index (χ4n) is 1.47. The number of sulfonamides is 1. The molecule has 0 atom stereocenters. The van der Waals surface area contributed by atoms with Crippen molar-refractivity contribution in [2.45, 2.75) is 11.8 Å². The average molecular weight is 429 g/mol. The van der Waals surface area contributed by atoms with E-state index in [0.29, 0.717) is 15.0 Å². The Kier molecular flexibility index (Phi) is 4.34. The van der Waals surface area contributed by atoms with Crippen LogP contribution in [0.1, 0.15) is 4.88 Å². The number of anilines is 1. The van der Waals surface area contributed by atoms with Gasteiger partial charge in [0.05, 0.1) is 9.47 Å². The zero-order valence-electron chi connectivity index (χ0n) is 9.58. The van der Waals surface area contributed by atoms with Gasteiger partial charge < -0.3 is 0 Å². The molecule has 1 aromatic carbocycles. The zero-order chi connectivity index (χ0) is 14.2. The average Bonchev–Trinajstić information content (AvgIpc) is 2.63. The molecular formula is C11H8Br2FNO2S2. The fraction of sp³-hybridized carbons (Fsp3) is 0.0909. The Labute approximate surface area is 131 Å². The fourth-order valence-corrected chi connectivity index (χ4v) is 5.55. The molecule has 1 aromatic heterocycles. The molecule has 3 nitrogen and oxygen atoms in total. The second-order valence-electron chi connectivity index (χ2n) is 3.70. The van der Waals surface area contributed by atoms with Gasteiger partial charge in [0.25, 0.3) is 10.0 Å². The molecule has 0 spiro atoms. The Morgan fingerprint density at radius 3 is 2.47 bits per heavy atom. The highest BCUT2D eigenvalue weighted by molar-refractivity contribution is 9.11. The summed E-state index contributed by atoms with van der Waals surface area (Å²) in [6.07, 6.45) is 0. The van der Waals surface area contributed by atoms with Gasteiger partial charge in [-0.15, -0.1) is 11.3 Å². The summed E-state index contributed by atoms with van der Waals surface area (Å²) >= 11 is 7.71. The molecular weight excluding hydrogens is 421 g/mol. The van der Waals surface area contributed by atoms with Crippen molar-refractivity contribution in [3.63, 3.8) is 0 Å². The van der Waals surface area contributed by atoms with Gasteiger partial charge in [-0.05, 0) is 63.0 Å². The maximum atomic E-state index is 13.0. The lowest BCUT2D eigenvalue weighted by molar-refractivity contribution is 0.601. The van der Waals surface area contributed by atoms with Crippen LogP contribution in [0.2, 0.25) is 0 Å². The van der Waals surface area contributed by atoms with Crippen LogP contribution in [0.3, 0.4) is 0 Å². The van der Waals surface area contributed by atoms with Crippen LogP contribution >= 0.6 is 43.2 Å². The van der Waals surface area contributed by atoms with Crippen LogP contribution in [0.15, 0.2) is 37.4 Å². The topological polar surface area (TPSA) is 46.2 Å². The minimum atomic E-state index is -3.68. The monoisotopic (exact) mass is 427 g/mol. The van der Waals surface area contributed by atoms with Crippen molar-refractivity contribution in [2.24, 2.45) is 0 Å². The first-order valence-corrected chi connectivity index (χ1v) is 8.92. The molecule has 0 bridgehead atoms. The predicted octanol–water partition coefficient (Wildman–Crippen LogP) is 4.52. The summed E-state index contributed by atoms with van der Waals surface area (Å²) in [6.45, 7) is 1.73. The first kappa shape index (κ1) is 15.0. The van der Waals surface area contributed by atoms with Crippen molar-refractivity contribution in [1.82, 2.24) is 0 Å². The maximum Gasteiger partial charge on any atom is 0.263 e. The molecule has 19 heavy (non-hydrogen) atoms. The SMILES string of the molecule is Cc1sc(Br)cc1S(=O)(=O)Nc1ccc(F)cc1Br. The third-order valence-corrected chi connectivity index (χ3v) is 6.14. The third-order valence-electron chi connectivity index (χ3n) is 2.31. The van der Waals surface area contributed by atoms with Gasteiger partial charge in [-0.2, -0.15) is 0 Å². The minimum Gasteiger partial charge on any atom is -0.278 e. The summed E-state index contributed by atoms with van der Waals surface area (Å²) in [5.74, 6) is -0.440. The number of halogens is 3. The van der Waals surface area contributed by atoms with Gasteiger partial charge in [0, 0.05) is 9.35 Å². The number of thiophene rings is 1. The standard InChI is InChI=1S/C11H8Br2FNO2S2/c1-6-10(5-11(13)18-6)19(16,17)15-9-3-2-7(14)4-8(9)12/h2-5,15H,1H3. The van der Waals surface area contributed by atoms with Crippen molar-refractivity contribution in [2.75, 3.05) is 4.72 Å². The van der Waals surface area contributed by atoms with Crippen molar-refractivity contribution in [3.8, 4) is 0 Å². The van der Waals surface area contributed by atoms with Crippen molar-refractivity contribution in [3.05, 3.63) is 43.2 Å². The molecule has 102 valence electrons. The van der Waals surface area contributed by atoms with Gasteiger partial charge >= 0.3 is 0 Å². The summed E-state index contributed by atoms with van der Waals surface area (Å²) in [7, 11) is -3.68. The molecule has 2 aromatic rings. The van der Waals surface area contributed by atoms with E-state index in [2.05, 4.69) is 36.6 Å². The third kappa shape index (κ3) is 3.36. The van der Waals surface area contributed by atoms with E-state index in [-0.39, 0.29) is 4.90 Å².